The van der Waals surface area contributed by atoms with Crippen LogP contribution in [0.3, 0.4) is 0 Å². The van der Waals surface area contributed by atoms with Crippen LogP contribution in [0.5, 0.6) is 0 Å². The summed E-state index contributed by atoms with van der Waals surface area (Å²) in [5.74, 6) is 0.257. The fraction of sp³-hybridized carbons (Fsp3) is 0.600. The number of hydrogen-bond acceptors (Lipinski definition) is 4. The second-order valence-electron chi connectivity index (χ2n) is 3.76. The third-order valence-corrected chi connectivity index (χ3v) is 2.43. The lowest BCUT2D eigenvalue weighted by molar-refractivity contribution is -0.133. The summed E-state index contributed by atoms with van der Waals surface area (Å²) >= 11 is 1.54. The van der Waals surface area contributed by atoms with Gasteiger partial charge in [-0.15, -0.1) is 11.3 Å². The van der Waals surface area contributed by atoms with Gasteiger partial charge in [0.25, 0.3) is 0 Å². The van der Waals surface area contributed by atoms with Crippen molar-refractivity contribution >= 4 is 17.2 Å². The molecule has 0 atom stereocenters. The van der Waals surface area contributed by atoms with Crippen molar-refractivity contribution in [3.05, 3.63) is 16.1 Å². The zero-order chi connectivity index (χ0) is 11.3. The van der Waals surface area contributed by atoms with Gasteiger partial charge < -0.3 is 0 Å². The Balaban J connectivity index is 2.24. The van der Waals surface area contributed by atoms with Gasteiger partial charge in [-0.3, -0.25) is 9.63 Å². The van der Waals surface area contributed by atoms with Crippen molar-refractivity contribution < 1.29 is 9.63 Å². The molecule has 1 amide bonds. The molecule has 0 saturated carbocycles. The molecule has 0 saturated heterocycles. The molecule has 0 aliphatic rings. The first-order chi connectivity index (χ1) is 7.08. The van der Waals surface area contributed by atoms with Gasteiger partial charge in [0, 0.05) is 5.38 Å². The molecule has 0 radical (unpaired) electrons. The molecule has 0 aliphatic heterocycles. The molecule has 0 aromatic carbocycles. The summed E-state index contributed by atoms with van der Waals surface area (Å²) in [6.45, 7) is 6.50. The van der Waals surface area contributed by atoms with Crippen LogP contribution in [-0.4, -0.2) is 17.5 Å². The number of carbonyl (C=O) groups is 1. The van der Waals surface area contributed by atoms with Crippen molar-refractivity contribution in [3.8, 4) is 0 Å². The second kappa shape index (κ2) is 5.82. The van der Waals surface area contributed by atoms with E-state index in [0.717, 1.165) is 10.7 Å². The minimum atomic E-state index is -0.152. The van der Waals surface area contributed by atoms with Gasteiger partial charge in [-0.1, -0.05) is 13.8 Å². The predicted octanol–water partition coefficient (Wildman–Crippen LogP) is 1.70. The van der Waals surface area contributed by atoms with Gasteiger partial charge in [-0.2, -0.15) is 0 Å². The SMILES string of the molecule is Cc1nc(CC(=O)NOCC(C)C)cs1. The topological polar surface area (TPSA) is 51.2 Å². The van der Waals surface area contributed by atoms with Gasteiger partial charge in [-0.25, -0.2) is 10.5 Å². The quantitative estimate of drug-likeness (QED) is 0.780. The van der Waals surface area contributed by atoms with Crippen LogP contribution in [0.25, 0.3) is 0 Å². The molecule has 1 N–H and O–H groups in total. The van der Waals surface area contributed by atoms with E-state index in [1.807, 2.05) is 26.2 Å². The Bertz CT molecular complexity index is 323. The molecule has 1 rings (SSSR count). The third-order valence-electron chi connectivity index (χ3n) is 1.61. The molecular weight excluding hydrogens is 212 g/mol. The zero-order valence-electron chi connectivity index (χ0n) is 9.24. The van der Waals surface area contributed by atoms with Gasteiger partial charge in [-0.05, 0) is 12.8 Å². The highest BCUT2D eigenvalue weighted by atomic mass is 32.1. The van der Waals surface area contributed by atoms with E-state index in [1.54, 1.807) is 11.3 Å². The molecule has 1 aromatic rings. The van der Waals surface area contributed by atoms with Gasteiger partial charge in [0.05, 0.1) is 23.7 Å². The highest BCUT2D eigenvalue weighted by molar-refractivity contribution is 7.09. The van der Waals surface area contributed by atoms with E-state index in [0.29, 0.717) is 12.5 Å². The Morgan fingerprint density at radius 1 is 1.67 bits per heavy atom. The average Bonchev–Trinajstić information content (AvgIpc) is 2.50. The number of carbonyl (C=O) groups excluding carboxylic acids is 1. The maximum absolute atomic E-state index is 11.3. The summed E-state index contributed by atoms with van der Waals surface area (Å²) in [6.07, 6.45) is 0.280. The number of hydroxylamine groups is 1. The number of amides is 1. The second-order valence-corrected chi connectivity index (χ2v) is 4.83. The van der Waals surface area contributed by atoms with Crippen LogP contribution in [0.1, 0.15) is 24.5 Å². The Kier molecular flexibility index (Phi) is 4.71. The summed E-state index contributed by atoms with van der Waals surface area (Å²) in [5.41, 5.74) is 3.19. The Morgan fingerprint density at radius 3 is 2.93 bits per heavy atom. The minimum Gasteiger partial charge on any atom is -0.273 e. The van der Waals surface area contributed by atoms with E-state index in [9.17, 15) is 4.79 Å². The van der Waals surface area contributed by atoms with Crippen LogP contribution >= 0.6 is 11.3 Å². The van der Waals surface area contributed by atoms with Crippen molar-refractivity contribution in [2.24, 2.45) is 5.92 Å². The fourth-order valence-electron chi connectivity index (χ4n) is 0.979. The summed E-state index contributed by atoms with van der Waals surface area (Å²) in [6, 6.07) is 0. The Labute approximate surface area is 93.6 Å². The first-order valence-corrected chi connectivity index (χ1v) is 5.77. The fourth-order valence-corrected chi connectivity index (χ4v) is 1.59. The normalized spacial score (nSPS) is 10.7. The van der Waals surface area contributed by atoms with Gasteiger partial charge in [0.15, 0.2) is 0 Å². The molecule has 5 heteroatoms. The van der Waals surface area contributed by atoms with Crippen LogP contribution in [0.15, 0.2) is 5.38 Å². The lowest BCUT2D eigenvalue weighted by atomic mass is 10.2. The molecule has 0 unspecified atom stereocenters. The first kappa shape index (κ1) is 12.1. The number of rotatable bonds is 5. The molecule has 0 fully saturated rings. The summed E-state index contributed by atoms with van der Waals surface area (Å²) < 4.78 is 0. The van der Waals surface area contributed by atoms with Gasteiger partial charge >= 0.3 is 0 Å². The average molecular weight is 228 g/mol. The van der Waals surface area contributed by atoms with Crippen LogP contribution in [0.4, 0.5) is 0 Å². The number of thiazole rings is 1. The van der Waals surface area contributed by atoms with Crippen LogP contribution in [0, 0.1) is 12.8 Å². The van der Waals surface area contributed by atoms with Gasteiger partial charge in [0.2, 0.25) is 5.91 Å². The van der Waals surface area contributed by atoms with Crippen LogP contribution in [-0.2, 0) is 16.1 Å². The molecule has 15 heavy (non-hydrogen) atoms. The van der Waals surface area contributed by atoms with E-state index in [1.165, 1.54) is 0 Å². The van der Waals surface area contributed by atoms with Crippen molar-refractivity contribution in [1.29, 1.82) is 0 Å². The molecule has 1 heterocycles. The van der Waals surface area contributed by atoms with E-state index in [4.69, 9.17) is 4.84 Å². The number of nitrogens with one attached hydrogen (secondary N) is 1. The van der Waals surface area contributed by atoms with E-state index in [-0.39, 0.29) is 12.3 Å². The summed E-state index contributed by atoms with van der Waals surface area (Å²) in [7, 11) is 0. The molecule has 0 aliphatic carbocycles. The lowest BCUT2D eigenvalue weighted by Gasteiger charge is -2.06. The largest absolute Gasteiger partial charge is 0.273 e. The standard InChI is InChI=1S/C10H16N2O2S/c1-7(2)5-14-12-10(13)4-9-6-15-8(3)11-9/h6-7H,4-5H2,1-3H3,(H,12,13). The van der Waals surface area contributed by atoms with E-state index >= 15 is 0 Å². The Morgan fingerprint density at radius 2 is 2.40 bits per heavy atom. The maximum atomic E-state index is 11.3. The van der Waals surface area contributed by atoms with Gasteiger partial charge in [0.1, 0.15) is 0 Å². The van der Waals surface area contributed by atoms with E-state index < -0.39 is 0 Å². The molecule has 1 aromatic heterocycles. The maximum Gasteiger partial charge on any atom is 0.249 e. The van der Waals surface area contributed by atoms with E-state index in [2.05, 4.69) is 10.5 Å². The minimum absolute atomic E-state index is 0.152. The highest BCUT2D eigenvalue weighted by Crippen LogP contribution is 2.08. The third kappa shape index (κ3) is 4.90. The summed E-state index contributed by atoms with van der Waals surface area (Å²) in [5, 5.41) is 2.86. The molecule has 4 nitrogen and oxygen atoms in total. The summed E-state index contributed by atoms with van der Waals surface area (Å²) in [4.78, 5) is 20.5. The van der Waals surface area contributed by atoms with Crippen LogP contribution in [0.2, 0.25) is 0 Å². The molecule has 84 valence electrons. The number of aryl methyl sites for hydroxylation is 1. The number of aromatic nitrogens is 1. The predicted molar refractivity (Wildman–Crippen MR) is 59.5 cm³/mol. The van der Waals surface area contributed by atoms with Crippen molar-refractivity contribution in [2.45, 2.75) is 27.2 Å². The van der Waals surface area contributed by atoms with Crippen molar-refractivity contribution in [1.82, 2.24) is 10.5 Å². The zero-order valence-corrected chi connectivity index (χ0v) is 10.1. The monoisotopic (exact) mass is 228 g/mol. The molecular formula is C10H16N2O2S. The van der Waals surface area contributed by atoms with Crippen molar-refractivity contribution in [3.63, 3.8) is 0 Å². The Hall–Kier alpha value is -0.940. The highest BCUT2D eigenvalue weighted by Gasteiger charge is 2.06. The lowest BCUT2D eigenvalue weighted by Crippen LogP contribution is -2.27. The van der Waals surface area contributed by atoms with Crippen molar-refractivity contribution in [2.75, 3.05) is 6.61 Å². The van der Waals surface area contributed by atoms with Crippen LogP contribution < -0.4 is 5.48 Å². The smallest absolute Gasteiger partial charge is 0.249 e. The number of hydrogen-bond donors (Lipinski definition) is 1. The molecule has 0 bridgehead atoms. The first-order valence-electron chi connectivity index (χ1n) is 4.89. The number of nitrogens with zero attached hydrogens (tertiary/aromatic N) is 1. The molecule has 0 spiro atoms.